The molecule has 11 heavy (non-hydrogen) atoms. The lowest BCUT2D eigenvalue weighted by molar-refractivity contribution is -0.686. The van der Waals surface area contributed by atoms with Gasteiger partial charge >= 0.3 is 0 Å². The van der Waals surface area contributed by atoms with Gasteiger partial charge in [-0.05, 0) is 19.1 Å². The van der Waals surface area contributed by atoms with Crippen LogP contribution in [0.2, 0.25) is 0 Å². The summed E-state index contributed by atoms with van der Waals surface area (Å²) in [7, 11) is 0. The molecule has 0 saturated carbocycles. The number of hydrogen-bond donors (Lipinski definition) is 0. The first-order chi connectivity index (χ1) is 4.93. The quantitative estimate of drug-likeness (QED) is 0.372. The Labute approximate surface area is 72.2 Å². The minimum Gasteiger partial charge on any atom is -1.00 e. The van der Waals surface area contributed by atoms with E-state index in [0.717, 1.165) is 6.54 Å². The zero-order chi connectivity index (χ0) is 7.23. The van der Waals surface area contributed by atoms with Crippen molar-refractivity contribution in [2.45, 2.75) is 6.92 Å². The fourth-order valence-corrected chi connectivity index (χ4v) is 0.585. The lowest BCUT2D eigenvalue weighted by Crippen LogP contribution is -3.00. The Morgan fingerprint density at radius 3 is 2.36 bits per heavy atom. The largest absolute Gasteiger partial charge is 1.00 e. The maximum Gasteiger partial charge on any atom is 0.154 e. The van der Waals surface area contributed by atoms with Gasteiger partial charge in [-0.25, -0.2) is 0 Å². The third-order valence-corrected chi connectivity index (χ3v) is 1.01. The maximum absolute atomic E-state index is 3.87. The van der Waals surface area contributed by atoms with Crippen LogP contribution in [-0.4, -0.2) is 6.54 Å². The molecule has 0 aliphatic carbocycles. The van der Waals surface area contributed by atoms with Gasteiger partial charge in [-0.2, -0.15) is 0 Å². The molecule has 1 rings (SSSR count). The first-order valence-corrected chi connectivity index (χ1v) is 3.27. The summed E-state index contributed by atoms with van der Waals surface area (Å²) in [4.78, 5) is 0. The highest BCUT2D eigenvalue weighted by atomic mass is 35.5. The van der Waals surface area contributed by atoms with E-state index in [1.165, 1.54) is 0 Å². The predicted octanol–water partition coefficient (Wildman–Crippen LogP) is -1.79. The topological polar surface area (TPSA) is 28.6 Å². The van der Waals surface area contributed by atoms with Crippen LogP contribution >= 0.6 is 0 Å². The van der Waals surface area contributed by atoms with Gasteiger partial charge in [-0.15, -0.1) is 4.68 Å². The summed E-state index contributed by atoms with van der Waals surface area (Å²) < 4.78 is 1.67. The molecular weight excluding hydrogens is 162 g/mol. The SMILES string of the molecule is CCN=N[n+]1ccccc1.[Cl-]. The minimum absolute atomic E-state index is 0. The zero-order valence-electron chi connectivity index (χ0n) is 6.31. The molecule has 3 nitrogen and oxygen atoms in total. The fourth-order valence-electron chi connectivity index (χ4n) is 0.585. The van der Waals surface area contributed by atoms with Crippen molar-refractivity contribution in [3.8, 4) is 0 Å². The Hall–Kier alpha value is -0.960. The molecule has 0 spiro atoms. The smallest absolute Gasteiger partial charge is 0.154 e. The molecule has 0 radical (unpaired) electrons. The van der Waals surface area contributed by atoms with Crippen molar-refractivity contribution < 1.29 is 17.1 Å². The summed E-state index contributed by atoms with van der Waals surface area (Å²) in [5, 5.41) is 7.70. The first kappa shape index (κ1) is 10.0. The summed E-state index contributed by atoms with van der Waals surface area (Å²) in [6.07, 6.45) is 3.69. The highest BCUT2D eigenvalue weighted by molar-refractivity contribution is 4.83. The molecule has 1 heterocycles. The van der Waals surface area contributed by atoms with Crippen molar-refractivity contribution in [3.63, 3.8) is 0 Å². The number of nitrogens with zero attached hydrogens (tertiary/aromatic N) is 3. The molecule has 0 bridgehead atoms. The predicted molar refractivity (Wildman–Crippen MR) is 37.4 cm³/mol. The Morgan fingerprint density at radius 1 is 1.18 bits per heavy atom. The molecule has 4 heteroatoms. The van der Waals surface area contributed by atoms with E-state index in [-0.39, 0.29) is 12.4 Å². The molecule has 0 aliphatic heterocycles. The lowest BCUT2D eigenvalue weighted by Gasteiger charge is -1.81. The minimum atomic E-state index is 0. The Kier molecular flexibility index (Phi) is 5.29. The summed E-state index contributed by atoms with van der Waals surface area (Å²) in [5.41, 5.74) is 0. The molecule has 0 saturated heterocycles. The normalized spacial score (nSPS) is 9.55. The van der Waals surface area contributed by atoms with Crippen molar-refractivity contribution in [1.82, 2.24) is 0 Å². The Bertz CT molecular complexity index is 210. The van der Waals surface area contributed by atoms with Gasteiger partial charge < -0.3 is 12.4 Å². The molecular formula is C7H10ClN3. The van der Waals surface area contributed by atoms with E-state index in [1.54, 1.807) is 4.68 Å². The standard InChI is InChI=1S/C7H10N3.ClH/c1-2-8-9-10-6-4-3-5-7-10;/h3-7H,2H2,1H3;1H/q+1;/p-1. The molecule has 0 aromatic carbocycles. The molecule has 0 aliphatic rings. The van der Waals surface area contributed by atoms with Crippen LogP contribution in [0.4, 0.5) is 0 Å². The summed E-state index contributed by atoms with van der Waals surface area (Å²) in [6.45, 7) is 2.68. The summed E-state index contributed by atoms with van der Waals surface area (Å²) in [5.74, 6) is 0. The van der Waals surface area contributed by atoms with E-state index < -0.39 is 0 Å². The van der Waals surface area contributed by atoms with Crippen LogP contribution in [0.15, 0.2) is 40.9 Å². The van der Waals surface area contributed by atoms with Crippen molar-refractivity contribution in [2.24, 2.45) is 10.3 Å². The molecule has 0 amide bonds. The highest BCUT2D eigenvalue weighted by Gasteiger charge is 1.86. The van der Waals surface area contributed by atoms with Crippen LogP contribution in [0, 0.1) is 0 Å². The number of aromatic nitrogens is 1. The van der Waals surface area contributed by atoms with Crippen LogP contribution in [0.25, 0.3) is 0 Å². The van der Waals surface area contributed by atoms with Crippen molar-refractivity contribution in [1.29, 1.82) is 0 Å². The van der Waals surface area contributed by atoms with E-state index in [2.05, 4.69) is 10.3 Å². The first-order valence-electron chi connectivity index (χ1n) is 3.27. The second kappa shape index (κ2) is 5.80. The van der Waals surface area contributed by atoms with E-state index >= 15 is 0 Å². The van der Waals surface area contributed by atoms with Crippen molar-refractivity contribution in [3.05, 3.63) is 30.6 Å². The van der Waals surface area contributed by atoms with Gasteiger partial charge in [-0.1, -0.05) is 6.07 Å². The van der Waals surface area contributed by atoms with Crippen LogP contribution < -0.4 is 17.1 Å². The summed E-state index contributed by atoms with van der Waals surface area (Å²) >= 11 is 0. The van der Waals surface area contributed by atoms with E-state index in [4.69, 9.17) is 0 Å². The van der Waals surface area contributed by atoms with Gasteiger partial charge in [0.2, 0.25) is 0 Å². The highest BCUT2D eigenvalue weighted by Crippen LogP contribution is 1.76. The van der Waals surface area contributed by atoms with Gasteiger partial charge in [0, 0.05) is 5.11 Å². The Morgan fingerprint density at radius 2 is 1.82 bits per heavy atom. The third-order valence-electron chi connectivity index (χ3n) is 1.01. The van der Waals surface area contributed by atoms with Gasteiger partial charge in [0.25, 0.3) is 0 Å². The van der Waals surface area contributed by atoms with Gasteiger partial charge in [0.1, 0.15) is 17.6 Å². The molecule has 1 aromatic heterocycles. The van der Waals surface area contributed by atoms with Crippen LogP contribution in [0.3, 0.4) is 0 Å². The average molecular weight is 172 g/mol. The molecule has 0 unspecified atom stereocenters. The van der Waals surface area contributed by atoms with Gasteiger partial charge in [0.05, 0.1) is 0 Å². The molecule has 60 valence electrons. The monoisotopic (exact) mass is 171 g/mol. The van der Waals surface area contributed by atoms with Gasteiger partial charge in [-0.3, -0.25) is 0 Å². The molecule has 1 aromatic rings. The second-order valence-electron chi connectivity index (χ2n) is 1.80. The number of halogens is 1. The lowest BCUT2D eigenvalue weighted by atomic mass is 10.5. The average Bonchev–Trinajstić information content (AvgIpc) is 2.03. The van der Waals surface area contributed by atoms with E-state index in [9.17, 15) is 0 Å². The van der Waals surface area contributed by atoms with E-state index in [1.807, 2.05) is 37.5 Å². The molecule has 0 fully saturated rings. The van der Waals surface area contributed by atoms with Crippen molar-refractivity contribution >= 4 is 0 Å². The second-order valence-corrected chi connectivity index (χ2v) is 1.80. The maximum atomic E-state index is 3.87. The van der Waals surface area contributed by atoms with Gasteiger partial charge in [0.15, 0.2) is 6.54 Å². The van der Waals surface area contributed by atoms with E-state index in [0.29, 0.717) is 0 Å². The molecule has 0 N–H and O–H groups in total. The Balaban J connectivity index is 0.000001000. The van der Waals surface area contributed by atoms with Crippen molar-refractivity contribution in [2.75, 3.05) is 6.54 Å². The summed E-state index contributed by atoms with van der Waals surface area (Å²) in [6, 6.07) is 5.77. The number of rotatable bonds is 2. The number of pyridine rings is 1. The third kappa shape index (κ3) is 3.68. The zero-order valence-corrected chi connectivity index (χ0v) is 7.07. The van der Waals surface area contributed by atoms with Crippen LogP contribution in [0.1, 0.15) is 6.92 Å². The van der Waals surface area contributed by atoms with Crippen LogP contribution in [0.5, 0.6) is 0 Å². The number of hydrogen-bond acceptors (Lipinski definition) is 2. The molecule has 0 atom stereocenters. The van der Waals surface area contributed by atoms with Crippen LogP contribution in [-0.2, 0) is 0 Å². The fraction of sp³-hybridized carbons (Fsp3) is 0.286.